The molecular formula is C20H14F4N4O2S2. The number of aryl methyl sites for hydroxylation is 2. The fourth-order valence-electron chi connectivity index (χ4n) is 3.16. The number of aromatic nitrogens is 4. The number of hydrogen-bond acceptors (Lipinski definition) is 6. The van der Waals surface area contributed by atoms with E-state index in [1.54, 1.807) is 24.5 Å². The van der Waals surface area contributed by atoms with Crippen molar-refractivity contribution in [3.05, 3.63) is 64.2 Å². The molecule has 1 unspecified atom stereocenters. The first kappa shape index (κ1) is 22.4. The number of halogens is 4. The third-order valence-electron chi connectivity index (χ3n) is 4.53. The van der Waals surface area contributed by atoms with Gasteiger partial charge in [0, 0.05) is 29.6 Å². The van der Waals surface area contributed by atoms with E-state index in [2.05, 4.69) is 15.0 Å². The van der Waals surface area contributed by atoms with Crippen molar-refractivity contribution in [1.29, 1.82) is 0 Å². The summed E-state index contributed by atoms with van der Waals surface area (Å²) in [4.78, 5) is 25.6. The Morgan fingerprint density at radius 2 is 1.97 bits per heavy atom. The molecule has 0 aliphatic heterocycles. The SMILES string of the molecule is Cc1cc(F)c(-n2c(C)nc3nc(-c4cccnc4)sc3c2=O)cc1[S+]([O-])CC(F)(F)F. The van der Waals surface area contributed by atoms with Gasteiger partial charge >= 0.3 is 6.18 Å². The summed E-state index contributed by atoms with van der Waals surface area (Å²) in [7, 11) is 0. The van der Waals surface area contributed by atoms with Crippen LogP contribution in [0.15, 0.2) is 46.3 Å². The predicted octanol–water partition coefficient (Wildman–Crippen LogP) is 4.33. The molecular weight excluding hydrogens is 468 g/mol. The van der Waals surface area contributed by atoms with Crippen LogP contribution in [0.3, 0.4) is 0 Å². The first-order valence-electron chi connectivity index (χ1n) is 9.11. The van der Waals surface area contributed by atoms with Gasteiger partial charge in [-0.05, 0) is 43.2 Å². The Bertz CT molecular complexity index is 1370. The molecule has 4 rings (SSSR count). The molecule has 0 saturated heterocycles. The minimum atomic E-state index is -4.66. The average Bonchev–Trinajstić information content (AvgIpc) is 3.13. The van der Waals surface area contributed by atoms with E-state index in [1.807, 2.05) is 0 Å². The second-order valence-corrected chi connectivity index (χ2v) is 9.31. The van der Waals surface area contributed by atoms with Crippen LogP contribution in [0.1, 0.15) is 11.4 Å². The molecule has 32 heavy (non-hydrogen) atoms. The Morgan fingerprint density at radius 1 is 1.22 bits per heavy atom. The molecule has 3 heterocycles. The van der Waals surface area contributed by atoms with Gasteiger partial charge in [-0.15, -0.1) is 11.3 Å². The highest BCUT2D eigenvalue weighted by molar-refractivity contribution is 7.91. The Kier molecular flexibility index (Phi) is 5.77. The molecule has 3 aromatic heterocycles. The second-order valence-electron chi connectivity index (χ2n) is 6.89. The first-order chi connectivity index (χ1) is 15.0. The number of rotatable bonds is 4. The summed E-state index contributed by atoms with van der Waals surface area (Å²) >= 11 is -1.42. The monoisotopic (exact) mass is 482 g/mol. The highest BCUT2D eigenvalue weighted by Gasteiger charge is 2.36. The van der Waals surface area contributed by atoms with E-state index >= 15 is 0 Å². The van der Waals surface area contributed by atoms with Crippen LogP contribution in [-0.4, -0.2) is 36.0 Å². The lowest BCUT2D eigenvalue weighted by Gasteiger charge is -2.17. The lowest BCUT2D eigenvalue weighted by Crippen LogP contribution is -2.25. The van der Waals surface area contributed by atoms with Crippen molar-refractivity contribution in [2.24, 2.45) is 0 Å². The molecule has 0 fully saturated rings. The van der Waals surface area contributed by atoms with Crippen molar-refractivity contribution < 1.29 is 22.1 Å². The molecule has 1 atom stereocenters. The average molecular weight is 482 g/mol. The van der Waals surface area contributed by atoms with E-state index in [0.29, 0.717) is 10.6 Å². The van der Waals surface area contributed by atoms with E-state index in [0.717, 1.165) is 28.0 Å². The topological polar surface area (TPSA) is 83.7 Å². The van der Waals surface area contributed by atoms with Crippen molar-refractivity contribution in [2.75, 3.05) is 5.75 Å². The molecule has 0 amide bonds. The molecule has 0 aliphatic rings. The molecule has 0 saturated carbocycles. The smallest absolute Gasteiger partial charge is 0.433 e. The van der Waals surface area contributed by atoms with Gasteiger partial charge in [-0.3, -0.25) is 14.3 Å². The Hall–Kier alpha value is -2.83. The lowest BCUT2D eigenvalue weighted by atomic mass is 10.2. The van der Waals surface area contributed by atoms with Crippen molar-refractivity contribution in [3.63, 3.8) is 0 Å². The van der Waals surface area contributed by atoms with Crippen molar-refractivity contribution in [2.45, 2.75) is 24.9 Å². The highest BCUT2D eigenvalue weighted by Crippen LogP contribution is 2.30. The van der Waals surface area contributed by atoms with Gasteiger partial charge < -0.3 is 4.55 Å². The molecule has 0 N–H and O–H groups in total. The number of pyridine rings is 1. The number of fused-ring (bicyclic) bond motifs is 1. The zero-order valence-electron chi connectivity index (χ0n) is 16.6. The van der Waals surface area contributed by atoms with E-state index in [-0.39, 0.29) is 32.3 Å². The highest BCUT2D eigenvalue weighted by atomic mass is 32.2. The van der Waals surface area contributed by atoms with Gasteiger partial charge in [-0.1, -0.05) is 0 Å². The van der Waals surface area contributed by atoms with Crippen LogP contribution in [0.4, 0.5) is 17.6 Å². The quantitative estimate of drug-likeness (QED) is 0.319. The molecule has 166 valence electrons. The summed E-state index contributed by atoms with van der Waals surface area (Å²) in [5.41, 5.74) is -0.0264. The summed E-state index contributed by atoms with van der Waals surface area (Å²) in [6.07, 6.45) is -1.50. The number of nitrogens with zero attached hydrogens (tertiary/aromatic N) is 4. The third-order valence-corrected chi connectivity index (χ3v) is 7.13. The summed E-state index contributed by atoms with van der Waals surface area (Å²) in [6.45, 7) is 2.81. The van der Waals surface area contributed by atoms with Gasteiger partial charge in [0.25, 0.3) is 5.56 Å². The van der Waals surface area contributed by atoms with Gasteiger partial charge in [0.05, 0.1) is 5.69 Å². The molecule has 0 spiro atoms. The van der Waals surface area contributed by atoms with Gasteiger partial charge in [0.15, 0.2) is 10.5 Å². The number of benzene rings is 1. The number of hydrogen-bond donors (Lipinski definition) is 0. The van der Waals surface area contributed by atoms with Crippen LogP contribution in [-0.2, 0) is 11.2 Å². The van der Waals surface area contributed by atoms with Crippen LogP contribution in [0.25, 0.3) is 26.6 Å². The number of alkyl halides is 3. The van der Waals surface area contributed by atoms with Gasteiger partial charge in [0.2, 0.25) is 5.75 Å². The predicted molar refractivity (Wildman–Crippen MR) is 113 cm³/mol. The lowest BCUT2D eigenvalue weighted by molar-refractivity contribution is -0.106. The van der Waals surface area contributed by atoms with Crippen molar-refractivity contribution in [1.82, 2.24) is 19.5 Å². The minimum absolute atomic E-state index is 0.0841. The van der Waals surface area contributed by atoms with Gasteiger partial charge in [0.1, 0.15) is 21.3 Å². The Morgan fingerprint density at radius 3 is 2.62 bits per heavy atom. The molecule has 6 nitrogen and oxygen atoms in total. The maximum absolute atomic E-state index is 14.8. The largest absolute Gasteiger partial charge is 0.611 e. The molecule has 0 bridgehead atoms. The molecule has 0 aliphatic carbocycles. The summed E-state index contributed by atoms with van der Waals surface area (Å²) in [5.74, 6) is -2.34. The second kappa shape index (κ2) is 8.26. The molecule has 1 aromatic carbocycles. The standard InChI is InChI=1S/C20H14F4N4O2S2/c1-10-6-13(21)14(7-15(10)32(30)9-20(22,23)24)28-11(2)26-17-16(19(28)29)31-18(27-17)12-4-3-5-25-8-12/h3-8H,9H2,1-2H3. The van der Waals surface area contributed by atoms with Gasteiger partial charge in [-0.25, -0.2) is 14.4 Å². The summed E-state index contributed by atoms with van der Waals surface area (Å²) in [5, 5.41) is 0.492. The first-order valence-corrected chi connectivity index (χ1v) is 11.2. The van der Waals surface area contributed by atoms with Crippen LogP contribution >= 0.6 is 11.3 Å². The maximum Gasteiger partial charge on any atom is 0.433 e. The Balaban J connectivity index is 1.88. The van der Waals surface area contributed by atoms with Crippen molar-refractivity contribution in [3.8, 4) is 16.3 Å². The van der Waals surface area contributed by atoms with E-state index in [4.69, 9.17) is 0 Å². The van der Waals surface area contributed by atoms with E-state index in [1.165, 1.54) is 13.8 Å². The van der Waals surface area contributed by atoms with Crippen LogP contribution in [0, 0.1) is 19.7 Å². The van der Waals surface area contributed by atoms with Gasteiger partial charge in [-0.2, -0.15) is 13.2 Å². The van der Waals surface area contributed by atoms with Crippen molar-refractivity contribution >= 4 is 32.9 Å². The molecule has 0 radical (unpaired) electrons. The molecule has 12 heteroatoms. The normalized spacial score (nSPS) is 13.0. The molecule has 4 aromatic rings. The van der Waals surface area contributed by atoms with Crippen LogP contribution in [0.2, 0.25) is 0 Å². The number of thiazole rings is 1. The summed E-state index contributed by atoms with van der Waals surface area (Å²) in [6, 6.07) is 5.45. The minimum Gasteiger partial charge on any atom is -0.611 e. The fourth-order valence-corrected chi connectivity index (χ4v) is 5.20. The van der Waals surface area contributed by atoms with Crippen LogP contribution < -0.4 is 5.56 Å². The fraction of sp³-hybridized carbons (Fsp3) is 0.200. The van der Waals surface area contributed by atoms with Crippen LogP contribution in [0.5, 0.6) is 0 Å². The summed E-state index contributed by atoms with van der Waals surface area (Å²) < 4.78 is 66.4. The third kappa shape index (κ3) is 4.25. The van der Waals surface area contributed by atoms with E-state index < -0.39 is 34.5 Å². The maximum atomic E-state index is 14.8. The Labute approximate surface area is 185 Å². The zero-order chi connectivity index (χ0) is 23.2. The van der Waals surface area contributed by atoms with E-state index in [9.17, 15) is 26.9 Å². The zero-order valence-corrected chi connectivity index (χ0v) is 18.2.